The van der Waals surface area contributed by atoms with Crippen molar-refractivity contribution >= 4 is 32.9 Å². The Bertz CT molecular complexity index is 1320. The van der Waals surface area contributed by atoms with Gasteiger partial charge in [-0.2, -0.15) is 0 Å². The summed E-state index contributed by atoms with van der Waals surface area (Å²) in [4.78, 5) is 28.7. The van der Waals surface area contributed by atoms with Crippen LogP contribution in [-0.2, 0) is 9.84 Å². The lowest BCUT2D eigenvalue weighted by Gasteiger charge is -2.22. The molecule has 2 heterocycles. The average molecular weight is 484 g/mol. The van der Waals surface area contributed by atoms with Crippen LogP contribution in [0.1, 0.15) is 72.8 Å². The smallest absolute Gasteiger partial charge is 0.243 e. The lowest BCUT2D eigenvalue weighted by Crippen LogP contribution is -2.18. The zero-order valence-corrected chi connectivity index (χ0v) is 20.5. The lowest BCUT2D eigenvalue weighted by atomic mass is 9.95. The molecular weight excluding hydrogens is 454 g/mol. The number of ketones is 1. The highest BCUT2D eigenvalue weighted by Gasteiger charge is 2.27. The molecule has 1 aromatic carbocycles. The summed E-state index contributed by atoms with van der Waals surface area (Å²) in [5.41, 5.74) is 2.52. The second kappa shape index (κ2) is 9.66. The van der Waals surface area contributed by atoms with Crippen LogP contribution in [0.3, 0.4) is 0 Å². The van der Waals surface area contributed by atoms with Crippen molar-refractivity contribution in [3.63, 3.8) is 0 Å². The van der Waals surface area contributed by atoms with Gasteiger partial charge in [-0.15, -0.1) is 5.10 Å². The Labute approximate surface area is 199 Å². The fraction of sp³-hybridized carbons (Fsp3) is 0.440. The molecule has 9 heteroatoms. The maximum atomic E-state index is 12.9. The molecule has 1 saturated carbocycles. The van der Waals surface area contributed by atoms with Gasteiger partial charge in [-0.3, -0.25) is 9.59 Å². The number of carbonyl (C=O) groups is 2. The van der Waals surface area contributed by atoms with Gasteiger partial charge >= 0.3 is 0 Å². The molecule has 1 aliphatic rings. The molecule has 180 valence electrons. The molecule has 0 unspecified atom stereocenters. The Morgan fingerprint density at radius 2 is 1.85 bits per heavy atom. The van der Waals surface area contributed by atoms with E-state index in [1.54, 1.807) is 30.3 Å². The number of rotatable bonds is 8. The van der Waals surface area contributed by atoms with Crippen molar-refractivity contribution in [2.24, 2.45) is 0 Å². The van der Waals surface area contributed by atoms with Crippen molar-refractivity contribution in [3.05, 3.63) is 41.6 Å². The molecule has 4 rings (SSSR count). The van der Waals surface area contributed by atoms with Crippen LogP contribution >= 0.6 is 0 Å². The molecule has 1 fully saturated rings. The molecule has 0 bridgehead atoms. The number of aldehydes is 1. The number of benzene rings is 1. The normalized spacial score (nSPS) is 15.1. The predicted octanol–water partition coefficient (Wildman–Crippen LogP) is 4.43. The summed E-state index contributed by atoms with van der Waals surface area (Å²) in [6.45, 7) is 3.84. The van der Waals surface area contributed by atoms with Crippen LogP contribution in [0.25, 0.3) is 22.2 Å². The monoisotopic (exact) mass is 483 g/mol. The lowest BCUT2D eigenvalue weighted by molar-refractivity contribution is 0.101. The molecule has 0 N–H and O–H groups in total. The van der Waals surface area contributed by atoms with Crippen molar-refractivity contribution in [2.45, 2.75) is 58.1 Å². The van der Waals surface area contributed by atoms with Crippen molar-refractivity contribution < 1.29 is 22.7 Å². The van der Waals surface area contributed by atoms with E-state index in [2.05, 4.69) is 4.98 Å². The first kappa shape index (κ1) is 24.1. The van der Waals surface area contributed by atoms with E-state index in [1.165, 1.54) is 6.42 Å². The molecule has 1 aliphatic carbocycles. The number of nitrogens with zero attached hydrogens (tertiary/aromatic N) is 3. The van der Waals surface area contributed by atoms with Gasteiger partial charge in [0.15, 0.2) is 21.3 Å². The molecule has 0 amide bonds. The number of fused-ring (bicyclic) bond motifs is 1. The quantitative estimate of drug-likeness (QED) is 0.344. The Hall–Kier alpha value is -3.07. The zero-order valence-electron chi connectivity index (χ0n) is 19.7. The minimum absolute atomic E-state index is 0.0699. The van der Waals surface area contributed by atoms with Gasteiger partial charge in [0.2, 0.25) is 5.88 Å². The molecule has 8 nitrogen and oxygen atoms in total. The van der Waals surface area contributed by atoms with Gasteiger partial charge in [-0.05, 0) is 38.3 Å². The number of pyridine rings is 1. The Morgan fingerprint density at radius 1 is 1.18 bits per heavy atom. The summed E-state index contributed by atoms with van der Waals surface area (Å²) in [5.74, 6) is -0.764. The van der Waals surface area contributed by atoms with Gasteiger partial charge in [-0.1, -0.05) is 43.5 Å². The number of carbonyl (C=O) groups excluding carboxylic acids is 2. The summed E-state index contributed by atoms with van der Waals surface area (Å²) < 4.78 is 31.6. The number of sulfone groups is 1. The van der Waals surface area contributed by atoms with Gasteiger partial charge in [0.05, 0.1) is 17.5 Å². The summed E-state index contributed by atoms with van der Waals surface area (Å²) in [6.07, 6.45) is 6.90. The molecule has 34 heavy (non-hydrogen) atoms. The van der Waals surface area contributed by atoms with E-state index in [0.29, 0.717) is 28.0 Å². The van der Waals surface area contributed by atoms with E-state index >= 15 is 0 Å². The highest BCUT2D eigenvalue weighted by atomic mass is 32.2. The summed E-state index contributed by atoms with van der Waals surface area (Å²) in [7, 11) is -3.53. The van der Waals surface area contributed by atoms with E-state index in [4.69, 9.17) is 9.84 Å². The molecule has 0 radical (unpaired) electrons. The molecule has 3 aromatic rings. The molecule has 0 aliphatic heterocycles. The molecule has 0 atom stereocenters. The summed E-state index contributed by atoms with van der Waals surface area (Å²) >= 11 is 0. The van der Waals surface area contributed by atoms with Crippen LogP contribution in [0.5, 0.6) is 5.88 Å². The van der Waals surface area contributed by atoms with Crippen molar-refractivity contribution in [3.8, 4) is 17.0 Å². The second-order valence-electron chi connectivity index (χ2n) is 9.19. The van der Waals surface area contributed by atoms with Gasteiger partial charge in [-0.25, -0.2) is 18.1 Å². The Morgan fingerprint density at radius 3 is 2.44 bits per heavy atom. The van der Waals surface area contributed by atoms with Crippen LogP contribution in [0.2, 0.25) is 0 Å². The number of Topliss-reactive ketones (excluding diaryl/α,β-unsaturated/α-hetero) is 1. The standard InChI is InChI=1S/C25H29N3O5S/c1-16(2)33-25-23-20(18-11-9-17(14-29)10-12-18)13-21(22(30)15-34(3,31)32)26-24(23)28(27-25)19-7-5-4-6-8-19/h9-14,16,19H,4-8,15H2,1-3H3. The zero-order chi connectivity index (χ0) is 24.5. The largest absolute Gasteiger partial charge is 0.473 e. The van der Waals surface area contributed by atoms with Gasteiger partial charge in [0.25, 0.3) is 0 Å². The highest BCUT2D eigenvalue weighted by molar-refractivity contribution is 7.91. The number of hydrogen-bond donors (Lipinski definition) is 0. The minimum Gasteiger partial charge on any atom is -0.473 e. The van der Waals surface area contributed by atoms with Crippen molar-refractivity contribution in [1.82, 2.24) is 14.8 Å². The summed E-state index contributed by atoms with van der Waals surface area (Å²) in [5, 5.41) is 5.47. The molecular formula is C25H29N3O5S. The van der Waals surface area contributed by atoms with E-state index in [1.807, 2.05) is 18.5 Å². The van der Waals surface area contributed by atoms with E-state index in [0.717, 1.165) is 43.8 Å². The number of ether oxygens (including phenoxy) is 1. The van der Waals surface area contributed by atoms with Gasteiger partial charge in [0.1, 0.15) is 17.7 Å². The average Bonchev–Trinajstić information content (AvgIpc) is 3.15. The number of hydrogen-bond acceptors (Lipinski definition) is 7. The van der Waals surface area contributed by atoms with Crippen LogP contribution in [0.15, 0.2) is 30.3 Å². The molecule has 0 spiro atoms. The first-order chi connectivity index (χ1) is 16.2. The third-order valence-corrected chi connectivity index (χ3v) is 6.72. The first-order valence-corrected chi connectivity index (χ1v) is 13.6. The maximum absolute atomic E-state index is 12.9. The maximum Gasteiger partial charge on any atom is 0.243 e. The molecule has 2 aromatic heterocycles. The van der Waals surface area contributed by atoms with Crippen LogP contribution in [0.4, 0.5) is 0 Å². The van der Waals surface area contributed by atoms with Crippen LogP contribution in [-0.4, -0.2) is 53.4 Å². The predicted molar refractivity (Wildman–Crippen MR) is 130 cm³/mol. The van der Waals surface area contributed by atoms with Crippen molar-refractivity contribution in [1.29, 1.82) is 0 Å². The van der Waals surface area contributed by atoms with Crippen molar-refractivity contribution in [2.75, 3.05) is 12.0 Å². The van der Waals surface area contributed by atoms with Gasteiger partial charge in [0, 0.05) is 17.4 Å². The second-order valence-corrected chi connectivity index (χ2v) is 11.3. The van der Waals surface area contributed by atoms with Crippen LogP contribution < -0.4 is 4.74 Å². The summed E-state index contributed by atoms with van der Waals surface area (Å²) in [6, 6.07) is 8.70. The highest BCUT2D eigenvalue weighted by Crippen LogP contribution is 2.39. The van der Waals surface area contributed by atoms with E-state index < -0.39 is 21.4 Å². The third-order valence-electron chi connectivity index (χ3n) is 5.93. The Kier molecular flexibility index (Phi) is 6.84. The topological polar surface area (TPSA) is 108 Å². The third kappa shape index (κ3) is 5.19. The van der Waals surface area contributed by atoms with Crippen LogP contribution in [0, 0.1) is 0 Å². The SMILES string of the molecule is CC(C)Oc1nn(C2CCCCC2)c2nc(C(=O)CS(C)(=O)=O)cc(-c3ccc(C=O)cc3)c12. The first-order valence-electron chi connectivity index (χ1n) is 11.5. The number of aromatic nitrogens is 3. The van der Waals surface area contributed by atoms with E-state index in [-0.39, 0.29) is 17.8 Å². The van der Waals surface area contributed by atoms with Gasteiger partial charge < -0.3 is 4.74 Å². The Balaban J connectivity index is 1.99. The molecule has 0 saturated heterocycles. The minimum atomic E-state index is -3.53. The fourth-order valence-corrected chi connectivity index (χ4v) is 5.04. The van der Waals surface area contributed by atoms with E-state index in [9.17, 15) is 18.0 Å². The fourth-order valence-electron chi connectivity index (χ4n) is 4.41.